The minimum absolute atomic E-state index is 0.0445. The Kier molecular flexibility index (Phi) is 6.57. The first-order valence-corrected chi connectivity index (χ1v) is 11.3. The molecule has 1 aromatic carbocycles. The molecule has 1 N–H and O–H groups in total. The Bertz CT molecular complexity index is 819. The van der Waals surface area contributed by atoms with Gasteiger partial charge in [-0.05, 0) is 44.2 Å². The maximum absolute atomic E-state index is 13.2. The first-order chi connectivity index (χ1) is 15.0. The lowest BCUT2D eigenvalue weighted by molar-refractivity contribution is -0.138. The van der Waals surface area contributed by atoms with E-state index in [1.54, 1.807) is 4.90 Å². The van der Waals surface area contributed by atoms with E-state index in [4.69, 9.17) is 4.74 Å². The van der Waals surface area contributed by atoms with Gasteiger partial charge < -0.3 is 24.8 Å². The summed E-state index contributed by atoms with van der Waals surface area (Å²) < 4.78 is 5.49. The van der Waals surface area contributed by atoms with Crippen molar-refractivity contribution in [2.45, 2.75) is 44.4 Å². The van der Waals surface area contributed by atoms with E-state index in [-0.39, 0.29) is 30.3 Å². The van der Waals surface area contributed by atoms with Crippen molar-refractivity contribution in [3.63, 3.8) is 0 Å². The number of fused-ring (bicyclic) bond motifs is 1. The lowest BCUT2D eigenvalue weighted by Crippen LogP contribution is -2.52. The average molecular weight is 429 g/mol. The molecule has 3 heterocycles. The molecular formula is C23H32N4O4. The smallest absolute Gasteiger partial charge is 0.251 e. The highest BCUT2D eigenvalue weighted by atomic mass is 16.5. The summed E-state index contributed by atoms with van der Waals surface area (Å²) >= 11 is 0. The molecule has 0 radical (unpaired) electrons. The van der Waals surface area contributed by atoms with Gasteiger partial charge in [0.05, 0.1) is 6.10 Å². The summed E-state index contributed by atoms with van der Waals surface area (Å²) in [5, 5.41) is 2.91. The van der Waals surface area contributed by atoms with E-state index in [2.05, 4.69) is 22.2 Å². The number of benzene rings is 1. The first kappa shape index (κ1) is 21.8. The third kappa shape index (κ3) is 4.60. The normalized spacial score (nSPS) is 24.9. The Morgan fingerprint density at radius 2 is 1.84 bits per heavy atom. The summed E-state index contributed by atoms with van der Waals surface area (Å²) in [6.07, 6.45) is 1.76. The van der Waals surface area contributed by atoms with Crippen LogP contribution in [0.3, 0.4) is 0 Å². The van der Waals surface area contributed by atoms with E-state index in [9.17, 15) is 14.4 Å². The van der Waals surface area contributed by atoms with Gasteiger partial charge >= 0.3 is 0 Å². The van der Waals surface area contributed by atoms with Crippen LogP contribution >= 0.6 is 0 Å². The van der Waals surface area contributed by atoms with Crippen LogP contribution in [-0.4, -0.2) is 92.0 Å². The summed E-state index contributed by atoms with van der Waals surface area (Å²) in [6, 6.07) is 6.44. The van der Waals surface area contributed by atoms with Gasteiger partial charge in [-0.2, -0.15) is 0 Å². The highest BCUT2D eigenvalue weighted by Crippen LogP contribution is 2.28. The van der Waals surface area contributed by atoms with Crippen LogP contribution in [0.25, 0.3) is 0 Å². The number of ketones is 1. The van der Waals surface area contributed by atoms with Gasteiger partial charge in [0, 0.05) is 44.0 Å². The monoisotopic (exact) mass is 428 g/mol. The maximum Gasteiger partial charge on any atom is 0.251 e. The van der Waals surface area contributed by atoms with Crippen molar-refractivity contribution in [1.29, 1.82) is 0 Å². The number of Topliss-reactive ketones (excluding diaryl/α,β-unsaturated/α-hetero) is 1. The van der Waals surface area contributed by atoms with E-state index in [0.29, 0.717) is 24.9 Å². The Morgan fingerprint density at radius 1 is 1.13 bits per heavy atom. The van der Waals surface area contributed by atoms with Crippen LogP contribution in [0.1, 0.15) is 36.5 Å². The number of nitrogens with zero attached hydrogens (tertiary/aromatic N) is 3. The number of likely N-dealkylation sites (tertiary alicyclic amines) is 1. The number of anilines is 1. The van der Waals surface area contributed by atoms with Gasteiger partial charge in [-0.25, -0.2) is 0 Å². The van der Waals surface area contributed by atoms with Crippen molar-refractivity contribution in [3.05, 3.63) is 29.8 Å². The second kappa shape index (κ2) is 9.36. The van der Waals surface area contributed by atoms with Gasteiger partial charge in [0.1, 0.15) is 18.7 Å². The van der Waals surface area contributed by atoms with E-state index >= 15 is 0 Å². The van der Waals surface area contributed by atoms with Crippen molar-refractivity contribution in [2.75, 3.05) is 51.3 Å². The highest BCUT2D eigenvalue weighted by Gasteiger charge is 2.47. The lowest BCUT2D eigenvalue weighted by atomic mass is 10.1. The van der Waals surface area contributed by atoms with Crippen LogP contribution in [-0.2, 0) is 14.3 Å². The Balaban J connectivity index is 1.40. The van der Waals surface area contributed by atoms with Gasteiger partial charge in [-0.1, -0.05) is 13.3 Å². The van der Waals surface area contributed by atoms with Crippen molar-refractivity contribution in [2.24, 2.45) is 0 Å². The molecule has 4 rings (SSSR count). The number of piperazine rings is 1. The molecule has 168 valence electrons. The number of carbonyl (C=O) groups is 3. The molecule has 2 amide bonds. The standard InChI is InChI=1S/C23H32N4O4/c1-3-4-18(23(30)27-10-9-20-21(27)19(28)15-31-20)24-22(29)16-5-7-17(8-6-16)26-13-11-25(2)12-14-26/h5-8,18,20-21H,3-4,9-15H2,1-2H3,(H,24,29)/t18-,20+,21+/m0/s1. The highest BCUT2D eigenvalue weighted by molar-refractivity contribution is 5.99. The number of hydrogen-bond acceptors (Lipinski definition) is 6. The average Bonchev–Trinajstić information content (AvgIpc) is 3.36. The third-order valence-electron chi connectivity index (χ3n) is 6.57. The third-order valence-corrected chi connectivity index (χ3v) is 6.57. The predicted octanol–water partition coefficient (Wildman–Crippen LogP) is 0.906. The minimum atomic E-state index is -0.637. The molecule has 0 saturated carbocycles. The van der Waals surface area contributed by atoms with Crippen LogP contribution in [0.5, 0.6) is 0 Å². The van der Waals surface area contributed by atoms with Gasteiger partial charge in [0.2, 0.25) is 5.91 Å². The molecule has 0 bridgehead atoms. The Hall–Kier alpha value is -2.45. The predicted molar refractivity (Wildman–Crippen MR) is 117 cm³/mol. The van der Waals surface area contributed by atoms with Crippen LogP contribution in [0.2, 0.25) is 0 Å². The maximum atomic E-state index is 13.2. The van der Waals surface area contributed by atoms with Crippen molar-refractivity contribution < 1.29 is 19.1 Å². The number of likely N-dealkylation sites (N-methyl/N-ethyl adjacent to an activating group) is 1. The molecule has 0 spiro atoms. The van der Waals surface area contributed by atoms with Crippen LogP contribution in [0.4, 0.5) is 5.69 Å². The van der Waals surface area contributed by atoms with Crippen LogP contribution in [0, 0.1) is 0 Å². The van der Waals surface area contributed by atoms with E-state index in [0.717, 1.165) is 38.3 Å². The van der Waals surface area contributed by atoms with Crippen LogP contribution < -0.4 is 10.2 Å². The summed E-state index contributed by atoms with van der Waals surface area (Å²) in [6.45, 7) is 6.53. The fourth-order valence-corrected chi connectivity index (χ4v) is 4.72. The first-order valence-electron chi connectivity index (χ1n) is 11.3. The molecule has 8 nitrogen and oxygen atoms in total. The van der Waals surface area contributed by atoms with Gasteiger partial charge in [-0.3, -0.25) is 14.4 Å². The summed E-state index contributed by atoms with van der Waals surface area (Å²) in [7, 11) is 2.12. The zero-order valence-corrected chi connectivity index (χ0v) is 18.4. The molecule has 1 aromatic rings. The second-order valence-electron chi connectivity index (χ2n) is 8.73. The van der Waals surface area contributed by atoms with Crippen molar-refractivity contribution in [1.82, 2.24) is 15.1 Å². The molecule has 0 aromatic heterocycles. The summed E-state index contributed by atoms with van der Waals surface area (Å²) in [4.78, 5) is 44.4. The van der Waals surface area contributed by atoms with Gasteiger partial charge in [0.25, 0.3) is 5.91 Å². The molecule has 31 heavy (non-hydrogen) atoms. The number of carbonyl (C=O) groups excluding carboxylic acids is 3. The number of amides is 2. The fraction of sp³-hybridized carbons (Fsp3) is 0.609. The zero-order chi connectivity index (χ0) is 22.0. The fourth-order valence-electron chi connectivity index (χ4n) is 4.72. The summed E-state index contributed by atoms with van der Waals surface area (Å²) in [5.74, 6) is -0.492. The summed E-state index contributed by atoms with van der Waals surface area (Å²) in [5.41, 5.74) is 1.64. The molecule has 3 atom stereocenters. The van der Waals surface area contributed by atoms with Crippen LogP contribution in [0.15, 0.2) is 24.3 Å². The van der Waals surface area contributed by atoms with E-state index in [1.165, 1.54) is 0 Å². The van der Waals surface area contributed by atoms with Gasteiger partial charge in [0.15, 0.2) is 5.78 Å². The number of hydrogen-bond donors (Lipinski definition) is 1. The molecule has 8 heteroatoms. The lowest BCUT2D eigenvalue weighted by Gasteiger charge is -2.34. The minimum Gasteiger partial charge on any atom is -0.369 e. The number of nitrogens with one attached hydrogen (secondary N) is 1. The van der Waals surface area contributed by atoms with Crippen molar-refractivity contribution >= 4 is 23.3 Å². The molecule has 3 aliphatic rings. The number of ether oxygens (including phenoxy) is 1. The SMILES string of the molecule is CCC[C@H](NC(=O)c1ccc(N2CCN(C)CC2)cc1)C(=O)N1CC[C@H]2OCC(=O)[C@H]21. The Labute approximate surface area is 183 Å². The van der Waals surface area contributed by atoms with Crippen molar-refractivity contribution in [3.8, 4) is 0 Å². The Morgan fingerprint density at radius 3 is 2.52 bits per heavy atom. The van der Waals surface area contributed by atoms with E-state index in [1.807, 2.05) is 31.2 Å². The largest absolute Gasteiger partial charge is 0.369 e. The molecular weight excluding hydrogens is 396 g/mol. The quantitative estimate of drug-likeness (QED) is 0.725. The molecule has 3 saturated heterocycles. The second-order valence-corrected chi connectivity index (χ2v) is 8.73. The molecule has 0 unspecified atom stereocenters. The number of rotatable bonds is 6. The topological polar surface area (TPSA) is 82.2 Å². The molecule has 3 fully saturated rings. The molecule has 3 aliphatic heterocycles. The van der Waals surface area contributed by atoms with Gasteiger partial charge in [-0.15, -0.1) is 0 Å². The van der Waals surface area contributed by atoms with E-state index < -0.39 is 12.1 Å². The molecule has 0 aliphatic carbocycles. The zero-order valence-electron chi connectivity index (χ0n) is 18.4.